The third-order valence-electron chi connectivity index (χ3n) is 3.81. The van der Waals surface area contributed by atoms with Crippen molar-refractivity contribution in [3.05, 3.63) is 29.3 Å². The van der Waals surface area contributed by atoms with Crippen LogP contribution in [0.25, 0.3) is 0 Å². The van der Waals surface area contributed by atoms with Crippen molar-refractivity contribution in [2.24, 2.45) is 0 Å². The highest BCUT2D eigenvalue weighted by Gasteiger charge is 2.30. The number of likely N-dealkylation sites (N-methyl/N-ethyl adjacent to an activating group) is 1. The van der Waals surface area contributed by atoms with E-state index in [1.165, 1.54) is 5.56 Å². The number of benzene rings is 1. The minimum atomic E-state index is -0.380. The molecule has 2 atom stereocenters. The Morgan fingerprint density at radius 1 is 1.47 bits per heavy atom. The summed E-state index contributed by atoms with van der Waals surface area (Å²) in [5.41, 5.74) is 2.28. The van der Waals surface area contributed by atoms with Gasteiger partial charge in [-0.1, -0.05) is 13.0 Å². The number of hydrogen-bond acceptors (Lipinski definition) is 3. The van der Waals surface area contributed by atoms with Crippen LogP contribution in [0.2, 0.25) is 0 Å². The maximum absolute atomic E-state index is 10.4. The van der Waals surface area contributed by atoms with Gasteiger partial charge in [-0.3, -0.25) is 0 Å². The van der Waals surface area contributed by atoms with E-state index < -0.39 is 0 Å². The average Bonchev–Trinajstić information content (AvgIpc) is 2.38. The van der Waals surface area contributed by atoms with Gasteiger partial charge in [-0.05, 0) is 49.7 Å². The van der Waals surface area contributed by atoms with Crippen molar-refractivity contribution < 1.29 is 9.84 Å². The van der Waals surface area contributed by atoms with Crippen molar-refractivity contribution in [3.63, 3.8) is 0 Å². The maximum Gasteiger partial charge on any atom is 0.119 e. The van der Waals surface area contributed by atoms with Gasteiger partial charge < -0.3 is 14.7 Å². The molecule has 1 aliphatic carbocycles. The van der Waals surface area contributed by atoms with Crippen LogP contribution in [0.15, 0.2) is 18.2 Å². The molecule has 1 aromatic carbocycles. The van der Waals surface area contributed by atoms with Gasteiger partial charge in [0, 0.05) is 6.04 Å². The number of aryl methyl sites for hydroxylation is 1. The number of rotatable bonds is 3. The molecule has 0 fully saturated rings. The lowest BCUT2D eigenvalue weighted by molar-refractivity contribution is 0.0526. The van der Waals surface area contributed by atoms with Crippen LogP contribution in [0.1, 0.15) is 30.6 Å². The average molecular weight is 235 g/mol. The fourth-order valence-corrected chi connectivity index (χ4v) is 2.58. The summed E-state index contributed by atoms with van der Waals surface area (Å²) >= 11 is 0. The number of aliphatic hydroxyl groups excluding tert-OH is 1. The van der Waals surface area contributed by atoms with E-state index in [0.717, 1.165) is 30.7 Å². The zero-order valence-corrected chi connectivity index (χ0v) is 10.8. The number of ether oxygens (including phenoxy) is 1. The van der Waals surface area contributed by atoms with Crippen LogP contribution in [0, 0.1) is 0 Å². The third-order valence-corrected chi connectivity index (χ3v) is 3.81. The Kier molecular flexibility index (Phi) is 3.69. The second kappa shape index (κ2) is 5.07. The Balaban J connectivity index is 2.27. The minimum absolute atomic E-state index is 0.237. The van der Waals surface area contributed by atoms with Crippen LogP contribution in [-0.4, -0.2) is 36.8 Å². The van der Waals surface area contributed by atoms with Crippen molar-refractivity contribution in [1.82, 2.24) is 4.90 Å². The van der Waals surface area contributed by atoms with E-state index in [0.29, 0.717) is 0 Å². The first kappa shape index (κ1) is 12.4. The first-order valence-electron chi connectivity index (χ1n) is 6.22. The van der Waals surface area contributed by atoms with Crippen molar-refractivity contribution in [3.8, 4) is 5.75 Å². The molecule has 0 saturated heterocycles. The van der Waals surface area contributed by atoms with Crippen LogP contribution < -0.4 is 4.74 Å². The Bertz CT molecular complexity index is 392. The summed E-state index contributed by atoms with van der Waals surface area (Å²) in [5.74, 6) is 0.873. The fourth-order valence-electron chi connectivity index (χ4n) is 2.58. The van der Waals surface area contributed by atoms with Gasteiger partial charge in [-0.25, -0.2) is 0 Å². The topological polar surface area (TPSA) is 32.7 Å². The smallest absolute Gasteiger partial charge is 0.119 e. The van der Waals surface area contributed by atoms with E-state index in [1.807, 2.05) is 18.2 Å². The molecule has 0 radical (unpaired) electrons. The van der Waals surface area contributed by atoms with Crippen LogP contribution in [0.3, 0.4) is 0 Å². The highest BCUT2D eigenvalue weighted by molar-refractivity contribution is 5.39. The fraction of sp³-hybridized carbons (Fsp3) is 0.571. The standard InChI is InChI=1S/C14H21NO2/c1-4-15(2)13-8-5-10-9-11(17-3)6-7-12(10)14(13)16/h6-7,9,13-14,16H,4-5,8H2,1-3H3. The Morgan fingerprint density at radius 2 is 2.24 bits per heavy atom. The quantitative estimate of drug-likeness (QED) is 0.869. The predicted octanol–water partition coefficient (Wildman–Crippen LogP) is 2.00. The zero-order valence-electron chi connectivity index (χ0n) is 10.8. The van der Waals surface area contributed by atoms with E-state index in [2.05, 4.69) is 18.9 Å². The van der Waals surface area contributed by atoms with Crippen LogP contribution in [-0.2, 0) is 6.42 Å². The number of methoxy groups -OCH3 is 1. The molecular weight excluding hydrogens is 214 g/mol. The van der Waals surface area contributed by atoms with E-state index in [-0.39, 0.29) is 12.1 Å². The number of hydrogen-bond donors (Lipinski definition) is 1. The molecule has 94 valence electrons. The molecule has 17 heavy (non-hydrogen) atoms. The number of fused-ring (bicyclic) bond motifs is 1. The summed E-state index contributed by atoms with van der Waals surface area (Å²) in [6.45, 7) is 3.09. The molecule has 1 aliphatic rings. The summed E-state index contributed by atoms with van der Waals surface area (Å²) in [7, 11) is 3.75. The van der Waals surface area contributed by atoms with Crippen molar-refractivity contribution >= 4 is 0 Å². The van der Waals surface area contributed by atoms with Gasteiger partial charge in [-0.2, -0.15) is 0 Å². The molecule has 3 nitrogen and oxygen atoms in total. The van der Waals surface area contributed by atoms with Gasteiger partial charge >= 0.3 is 0 Å². The molecule has 1 N–H and O–H groups in total. The maximum atomic E-state index is 10.4. The molecule has 0 spiro atoms. The normalized spacial score (nSPS) is 23.6. The zero-order chi connectivity index (χ0) is 12.4. The second-order valence-electron chi connectivity index (χ2n) is 4.69. The van der Waals surface area contributed by atoms with E-state index in [1.54, 1.807) is 7.11 Å². The highest BCUT2D eigenvalue weighted by Crippen LogP contribution is 2.34. The summed E-state index contributed by atoms with van der Waals surface area (Å²) < 4.78 is 5.22. The first-order valence-corrected chi connectivity index (χ1v) is 6.22. The van der Waals surface area contributed by atoms with Crippen LogP contribution in [0.4, 0.5) is 0 Å². The van der Waals surface area contributed by atoms with Gasteiger partial charge in [-0.15, -0.1) is 0 Å². The van der Waals surface area contributed by atoms with Gasteiger partial charge in [0.2, 0.25) is 0 Å². The minimum Gasteiger partial charge on any atom is -0.497 e. The number of nitrogens with zero attached hydrogens (tertiary/aromatic N) is 1. The second-order valence-corrected chi connectivity index (χ2v) is 4.69. The summed E-state index contributed by atoms with van der Waals surface area (Å²) in [4.78, 5) is 2.22. The molecule has 0 saturated carbocycles. The van der Waals surface area contributed by atoms with Crippen molar-refractivity contribution in [2.45, 2.75) is 31.9 Å². The Hall–Kier alpha value is -1.06. The lowest BCUT2D eigenvalue weighted by atomic mass is 9.85. The monoisotopic (exact) mass is 235 g/mol. The largest absolute Gasteiger partial charge is 0.497 e. The first-order chi connectivity index (χ1) is 8.17. The lowest BCUT2D eigenvalue weighted by Crippen LogP contribution is -2.39. The molecule has 2 rings (SSSR count). The van der Waals surface area contributed by atoms with E-state index >= 15 is 0 Å². The van der Waals surface area contributed by atoms with Crippen molar-refractivity contribution in [1.29, 1.82) is 0 Å². The Morgan fingerprint density at radius 3 is 2.88 bits per heavy atom. The molecule has 2 unspecified atom stereocenters. The Labute approximate surface area is 103 Å². The molecule has 0 heterocycles. The molecule has 0 aromatic heterocycles. The van der Waals surface area contributed by atoms with Gasteiger partial charge in [0.1, 0.15) is 5.75 Å². The summed E-state index contributed by atoms with van der Waals surface area (Å²) in [5, 5.41) is 10.4. The van der Waals surface area contributed by atoms with Crippen molar-refractivity contribution in [2.75, 3.05) is 20.7 Å². The summed E-state index contributed by atoms with van der Waals surface area (Å²) in [6.07, 6.45) is 1.64. The van der Waals surface area contributed by atoms with Crippen LogP contribution >= 0.6 is 0 Å². The highest BCUT2D eigenvalue weighted by atomic mass is 16.5. The lowest BCUT2D eigenvalue weighted by Gasteiger charge is -2.36. The van der Waals surface area contributed by atoms with E-state index in [4.69, 9.17) is 4.74 Å². The predicted molar refractivity (Wildman–Crippen MR) is 68.4 cm³/mol. The molecule has 3 heteroatoms. The summed E-state index contributed by atoms with van der Waals surface area (Å²) in [6, 6.07) is 6.20. The SMILES string of the molecule is CCN(C)C1CCc2cc(OC)ccc2C1O. The molecule has 0 bridgehead atoms. The van der Waals surface area contributed by atoms with E-state index in [9.17, 15) is 5.11 Å². The van der Waals surface area contributed by atoms with Crippen LogP contribution in [0.5, 0.6) is 5.75 Å². The molecule has 0 amide bonds. The third kappa shape index (κ3) is 2.31. The number of aliphatic hydroxyl groups is 1. The molecular formula is C14H21NO2. The van der Waals surface area contributed by atoms with Gasteiger partial charge in [0.25, 0.3) is 0 Å². The van der Waals surface area contributed by atoms with Gasteiger partial charge in [0.15, 0.2) is 0 Å². The van der Waals surface area contributed by atoms with Gasteiger partial charge in [0.05, 0.1) is 13.2 Å². The molecule has 1 aromatic rings. The molecule has 0 aliphatic heterocycles.